The summed E-state index contributed by atoms with van der Waals surface area (Å²) in [6.07, 6.45) is 5.12. The molecule has 3 fully saturated rings. The monoisotopic (exact) mass is 402 g/mol. The largest absolute Gasteiger partial charge is 0.370 e. The molecule has 3 aliphatic heterocycles. The average Bonchev–Trinajstić information content (AvgIpc) is 2.96. The highest BCUT2D eigenvalue weighted by Gasteiger charge is 2.35. The predicted molar refractivity (Wildman–Crippen MR) is 101 cm³/mol. The van der Waals surface area contributed by atoms with Crippen molar-refractivity contribution in [3.8, 4) is 0 Å². The second-order valence-electron chi connectivity index (χ2n) is 7.55. The van der Waals surface area contributed by atoms with Crippen LogP contribution in [0, 0.1) is 11.7 Å². The van der Waals surface area contributed by atoms with E-state index in [1.165, 1.54) is 18.9 Å². The lowest BCUT2D eigenvalue weighted by Gasteiger charge is -2.35. The van der Waals surface area contributed by atoms with Crippen molar-refractivity contribution < 1.29 is 13.9 Å². The SMILES string of the molecule is Cl.O=C(CC1CC2CCC(C1)N2)N1CCOC(c2ccc(F)c(Cl)c2)C1. The number of benzene rings is 1. The second-order valence-corrected chi connectivity index (χ2v) is 7.96. The molecule has 0 radical (unpaired) electrons. The van der Waals surface area contributed by atoms with Gasteiger partial charge in [-0.1, -0.05) is 17.7 Å². The lowest BCUT2D eigenvalue weighted by molar-refractivity contribution is -0.140. The minimum atomic E-state index is -0.435. The maximum absolute atomic E-state index is 13.4. The normalized spacial score (nSPS) is 30.8. The fourth-order valence-corrected chi connectivity index (χ4v) is 4.70. The maximum Gasteiger partial charge on any atom is 0.223 e. The lowest BCUT2D eigenvalue weighted by Crippen LogP contribution is -2.44. The van der Waals surface area contributed by atoms with Gasteiger partial charge in [-0.25, -0.2) is 4.39 Å². The van der Waals surface area contributed by atoms with Crippen molar-refractivity contribution in [3.63, 3.8) is 0 Å². The zero-order valence-corrected chi connectivity index (χ0v) is 16.2. The molecule has 1 amide bonds. The van der Waals surface area contributed by atoms with E-state index < -0.39 is 5.82 Å². The number of rotatable bonds is 3. The summed E-state index contributed by atoms with van der Waals surface area (Å²) in [4.78, 5) is 14.7. The third-order valence-electron chi connectivity index (χ3n) is 5.77. The fourth-order valence-electron chi connectivity index (χ4n) is 4.51. The Morgan fingerprint density at radius 2 is 2.04 bits per heavy atom. The van der Waals surface area contributed by atoms with Gasteiger partial charge in [0.2, 0.25) is 5.91 Å². The number of halogens is 3. The number of hydrogen-bond acceptors (Lipinski definition) is 3. The fraction of sp³-hybridized carbons (Fsp3) is 0.632. The van der Waals surface area contributed by atoms with Gasteiger partial charge in [0.25, 0.3) is 0 Å². The number of fused-ring (bicyclic) bond motifs is 2. The van der Waals surface area contributed by atoms with Crippen molar-refractivity contribution >= 4 is 29.9 Å². The summed E-state index contributed by atoms with van der Waals surface area (Å²) in [5.74, 6) is 0.273. The highest BCUT2D eigenvalue weighted by atomic mass is 35.5. The first-order chi connectivity index (χ1) is 12.1. The average molecular weight is 403 g/mol. The Hall–Kier alpha value is -0.880. The van der Waals surface area contributed by atoms with E-state index in [1.54, 1.807) is 12.1 Å². The van der Waals surface area contributed by atoms with Gasteiger partial charge in [0.05, 0.1) is 18.2 Å². The van der Waals surface area contributed by atoms with E-state index in [9.17, 15) is 9.18 Å². The summed E-state index contributed by atoms with van der Waals surface area (Å²) in [6, 6.07) is 5.85. The summed E-state index contributed by atoms with van der Waals surface area (Å²) in [7, 11) is 0. The third kappa shape index (κ3) is 4.33. The molecule has 1 N–H and O–H groups in total. The van der Waals surface area contributed by atoms with Gasteiger partial charge in [-0.3, -0.25) is 4.79 Å². The van der Waals surface area contributed by atoms with Crippen LogP contribution in [-0.4, -0.2) is 42.6 Å². The van der Waals surface area contributed by atoms with Crippen LogP contribution in [0.3, 0.4) is 0 Å². The van der Waals surface area contributed by atoms with E-state index in [4.69, 9.17) is 16.3 Å². The van der Waals surface area contributed by atoms with E-state index in [0.717, 1.165) is 18.4 Å². The minimum Gasteiger partial charge on any atom is -0.370 e. The van der Waals surface area contributed by atoms with Gasteiger partial charge >= 0.3 is 0 Å². The van der Waals surface area contributed by atoms with Gasteiger partial charge in [-0.05, 0) is 49.3 Å². The molecule has 1 aromatic carbocycles. The molecule has 0 saturated carbocycles. The first-order valence-electron chi connectivity index (χ1n) is 9.19. The van der Waals surface area contributed by atoms with Crippen LogP contribution in [0.1, 0.15) is 43.8 Å². The summed E-state index contributed by atoms with van der Waals surface area (Å²) >= 11 is 5.88. The Labute approximate surface area is 164 Å². The number of ether oxygens (including phenoxy) is 1. The van der Waals surface area contributed by atoms with E-state index in [0.29, 0.717) is 44.1 Å². The van der Waals surface area contributed by atoms with Gasteiger partial charge in [-0.15, -0.1) is 12.4 Å². The molecule has 0 spiro atoms. The smallest absolute Gasteiger partial charge is 0.223 e. The van der Waals surface area contributed by atoms with Crippen LogP contribution in [-0.2, 0) is 9.53 Å². The van der Waals surface area contributed by atoms with Crippen molar-refractivity contribution in [3.05, 3.63) is 34.6 Å². The first kappa shape index (κ1) is 19.9. The predicted octanol–water partition coefficient (Wildman–Crippen LogP) is 3.72. The van der Waals surface area contributed by atoms with Crippen molar-refractivity contribution in [1.29, 1.82) is 0 Å². The van der Waals surface area contributed by atoms with Crippen LogP contribution in [0.15, 0.2) is 18.2 Å². The number of piperidine rings is 1. The zero-order chi connectivity index (χ0) is 17.4. The minimum absolute atomic E-state index is 0. The van der Waals surface area contributed by atoms with Gasteiger partial charge in [0.1, 0.15) is 11.9 Å². The van der Waals surface area contributed by atoms with Crippen LogP contribution < -0.4 is 5.32 Å². The molecule has 3 heterocycles. The van der Waals surface area contributed by atoms with Gasteiger partial charge in [0.15, 0.2) is 0 Å². The Kier molecular flexibility index (Phi) is 6.44. The summed E-state index contributed by atoms with van der Waals surface area (Å²) in [5, 5.41) is 3.72. The molecule has 3 atom stereocenters. The quantitative estimate of drug-likeness (QED) is 0.837. The van der Waals surface area contributed by atoms with Crippen molar-refractivity contribution in [2.24, 2.45) is 5.92 Å². The second kappa shape index (κ2) is 8.42. The number of nitrogens with zero attached hydrogens (tertiary/aromatic N) is 1. The molecular weight excluding hydrogens is 378 g/mol. The maximum atomic E-state index is 13.4. The number of carbonyl (C=O) groups excluding carboxylic acids is 1. The number of hydrogen-bond donors (Lipinski definition) is 1. The number of morpholine rings is 1. The molecule has 1 aromatic rings. The van der Waals surface area contributed by atoms with Crippen molar-refractivity contribution in [2.75, 3.05) is 19.7 Å². The molecule has 3 aliphatic rings. The Balaban J connectivity index is 0.00000196. The van der Waals surface area contributed by atoms with E-state index in [2.05, 4.69) is 5.32 Å². The summed E-state index contributed by atoms with van der Waals surface area (Å²) in [5.41, 5.74) is 0.823. The molecular formula is C19H25Cl2FN2O2. The molecule has 7 heteroatoms. The van der Waals surface area contributed by atoms with Crippen LogP contribution in [0.5, 0.6) is 0 Å². The molecule has 3 saturated heterocycles. The topological polar surface area (TPSA) is 41.6 Å². The standard InChI is InChI=1S/C19H24ClFN2O2.ClH/c20-16-10-13(1-4-17(16)21)18-11-23(5-6-25-18)19(24)9-12-7-14-2-3-15(8-12)22-14;/h1,4,10,12,14-15,18,22H,2-3,5-9,11H2;1H. The van der Waals surface area contributed by atoms with Crippen molar-refractivity contribution in [1.82, 2.24) is 10.2 Å². The Bertz CT molecular complexity index is 648. The Morgan fingerprint density at radius 1 is 1.31 bits per heavy atom. The zero-order valence-electron chi connectivity index (χ0n) is 14.6. The van der Waals surface area contributed by atoms with Crippen molar-refractivity contribution in [2.45, 2.75) is 50.3 Å². The van der Waals surface area contributed by atoms with Gasteiger partial charge in [0, 0.05) is 25.0 Å². The molecule has 0 aromatic heterocycles. The molecule has 3 unspecified atom stereocenters. The first-order valence-corrected chi connectivity index (χ1v) is 9.56. The summed E-state index contributed by atoms with van der Waals surface area (Å²) in [6.45, 7) is 1.64. The molecule has 4 nitrogen and oxygen atoms in total. The van der Waals surface area contributed by atoms with E-state index in [-0.39, 0.29) is 29.4 Å². The third-order valence-corrected chi connectivity index (χ3v) is 6.06. The number of carbonyl (C=O) groups is 1. The highest BCUT2D eigenvalue weighted by molar-refractivity contribution is 6.30. The van der Waals surface area contributed by atoms with E-state index >= 15 is 0 Å². The molecule has 144 valence electrons. The Morgan fingerprint density at radius 3 is 2.73 bits per heavy atom. The molecule has 4 rings (SSSR count). The van der Waals surface area contributed by atoms with Crippen LogP contribution in [0.2, 0.25) is 5.02 Å². The highest BCUT2D eigenvalue weighted by Crippen LogP contribution is 2.33. The van der Waals surface area contributed by atoms with Gasteiger partial charge in [-0.2, -0.15) is 0 Å². The number of nitrogens with one attached hydrogen (secondary N) is 1. The summed E-state index contributed by atoms with van der Waals surface area (Å²) < 4.78 is 19.1. The van der Waals surface area contributed by atoms with Crippen LogP contribution in [0.25, 0.3) is 0 Å². The molecule has 2 bridgehead atoms. The van der Waals surface area contributed by atoms with Crippen LogP contribution in [0.4, 0.5) is 4.39 Å². The van der Waals surface area contributed by atoms with E-state index in [1.807, 2.05) is 4.90 Å². The number of amides is 1. The molecule has 26 heavy (non-hydrogen) atoms. The molecule has 0 aliphatic carbocycles. The van der Waals surface area contributed by atoms with Crippen LogP contribution >= 0.6 is 24.0 Å². The van der Waals surface area contributed by atoms with Gasteiger partial charge < -0.3 is 15.0 Å². The lowest BCUT2D eigenvalue weighted by atomic mass is 9.89.